The summed E-state index contributed by atoms with van der Waals surface area (Å²) in [6, 6.07) is 0.756. The molecule has 3 nitrogen and oxygen atoms in total. The van der Waals surface area contributed by atoms with Crippen LogP contribution in [0.1, 0.15) is 25.7 Å². The van der Waals surface area contributed by atoms with Crippen molar-refractivity contribution in [3.63, 3.8) is 0 Å². The van der Waals surface area contributed by atoms with E-state index in [1.807, 2.05) is 0 Å². The van der Waals surface area contributed by atoms with E-state index < -0.39 is 0 Å². The lowest BCUT2D eigenvalue weighted by molar-refractivity contribution is 0.0914. The van der Waals surface area contributed by atoms with Crippen LogP contribution in [-0.2, 0) is 4.74 Å². The van der Waals surface area contributed by atoms with E-state index in [0.717, 1.165) is 31.0 Å². The summed E-state index contributed by atoms with van der Waals surface area (Å²) in [6.45, 7) is 2.27. The predicted octanol–water partition coefficient (Wildman–Crippen LogP) is 0.773. The molecule has 0 spiro atoms. The maximum Gasteiger partial charge on any atom is 0.0698 e. The summed E-state index contributed by atoms with van der Waals surface area (Å²) in [4.78, 5) is 0. The largest absolute Gasteiger partial charge is 0.394 e. The molecule has 0 saturated heterocycles. The maximum absolute atomic E-state index is 8.52. The van der Waals surface area contributed by atoms with Gasteiger partial charge < -0.3 is 15.2 Å². The summed E-state index contributed by atoms with van der Waals surface area (Å²) in [7, 11) is 0. The lowest BCUT2D eigenvalue weighted by atomic mass is 9.95. The maximum atomic E-state index is 8.52. The van der Waals surface area contributed by atoms with E-state index in [1.54, 1.807) is 0 Å². The van der Waals surface area contributed by atoms with Crippen LogP contribution in [0.15, 0.2) is 0 Å². The molecule has 2 N–H and O–H groups in total. The van der Waals surface area contributed by atoms with Crippen molar-refractivity contribution in [1.82, 2.24) is 5.32 Å². The molecule has 0 aliphatic heterocycles. The highest BCUT2D eigenvalue weighted by Crippen LogP contribution is 2.44. The fourth-order valence-corrected chi connectivity index (χ4v) is 2.98. The van der Waals surface area contributed by atoms with Crippen LogP contribution in [0, 0.1) is 11.8 Å². The highest BCUT2D eigenvalue weighted by molar-refractivity contribution is 4.93. The fraction of sp³-hybridized carbons (Fsp3) is 1.00. The van der Waals surface area contributed by atoms with E-state index in [1.165, 1.54) is 25.7 Å². The van der Waals surface area contributed by atoms with Crippen LogP contribution < -0.4 is 5.32 Å². The van der Waals surface area contributed by atoms with E-state index in [-0.39, 0.29) is 6.61 Å². The topological polar surface area (TPSA) is 41.5 Å². The Morgan fingerprint density at radius 3 is 2.79 bits per heavy atom. The highest BCUT2D eigenvalue weighted by Gasteiger charge is 2.38. The molecule has 0 heterocycles. The molecule has 0 radical (unpaired) electrons. The second-order valence-corrected chi connectivity index (χ2v) is 4.57. The number of fused-ring (bicyclic) bond motifs is 2. The molecule has 0 amide bonds. The summed E-state index contributed by atoms with van der Waals surface area (Å²) >= 11 is 0. The first kappa shape index (κ1) is 10.4. The van der Waals surface area contributed by atoms with Crippen LogP contribution in [-0.4, -0.2) is 37.5 Å². The molecule has 0 aromatic heterocycles. The van der Waals surface area contributed by atoms with Crippen LogP contribution in [0.4, 0.5) is 0 Å². The molecule has 3 atom stereocenters. The molecule has 14 heavy (non-hydrogen) atoms. The van der Waals surface area contributed by atoms with Gasteiger partial charge in [-0.3, -0.25) is 0 Å². The molecule has 0 aromatic rings. The van der Waals surface area contributed by atoms with Gasteiger partial charge in [0.05, 0.1) is 19.8 Å². The van der Waals surface area contributed by atoms with Crippen LogP contribution in [0.2, 0.25) is 0 Å². The van der Waals surface area contributed by atoms with Gasteiger partial charge in [0.1, 0.15) is 0 Å². The second kappa shape index (κ2) is 5.10. The molecule has 2 rings (SSSR count). The smallest absolute Gasteiger partial charge is 0.0698 e. The van der Waals surface area contributed by atoms with Gasteiger partial charge in [0.25, 0.3) is 0 Å². The lowest BCUT2D eigenvalue weighted by Crippen LogP contribution is -2.36. The molecule has 2 bridgehead atoms. The third kappa shape index (κ3) is 2.47. The van der Waals surface area contributed by atoms with Gasteiger partial charge >= 0.3 is 0 Å². The molecule has 3 heteroatoms. The van der Waals surface area contributed by atoms with Gasteiger partial charge in [-0.1, -0.05) is 6.42 Å². The van der Waals surface area contributed by atoms with Crippen molar-refractivity contribution in [2.45, 2.75) is 31.7 Å². The van der Waals surface area contributed by atoms with Crippen LogP contribution in [0.5, 0.6) is 0 Å². The Morgan fingerprint density at radius 1 is 1.21 bits per heavy atom. The lowest BCUT2D eigenvalue weighted by Gasteiger charge is -2.22. The van der Waals surface area contributed by atoms with Gasteiger partial charge in [-0.25, -0.2) is 0 Å². The van der Waals surface area contributed by atoms with Gasteiger partial charge in [0, 0.05) is 12.6 Å². The zero-order valence-corrected chi connectivity index (χ0v) is 8.74. The second-order valence-electron chi connectivity index (χ2n) is 4.57. The number of hydrogen-bond acceptors (Lipinski definition) is 3. The van der Waals surface area contributed by atoms with Crippen LogP contribution in [0.3, 0.4) is 0 Å². The molecule has 2 fully saturated rings. The normalized spacial score (nSPS) is 35.4. The number of aliphatic hydroxyl groups excluding tert-OH is 1. The first-order valence-electron chi connectivity index (χ1n) is 5.82. The number of hydrogen-bond donors (Lipinski definition) is 2. The highest BCUT2D eigenvalue weighted by atomic mass is 16.5. The van der Waals surface area contributed by atoms with Gasteiger partial charge in [-0.15, -0.1) is 0 Å². The van der Waals surface area contributed by atoms with E-state index in [0.29, 0.717) is 6.61 Å². The minimum Gasteiger partial charge on any atom is -0.394 e. The van der Waals surface area contributed by atoms with E-state index in [4.69, 9.17) is 9.84 Å². The summed E-state index contributed by atoms with van der Waals surface area (Å²) in [5, 5.41) is 12.1. The molecule has 82 valence electrons. The zero-order valence-electron chi connectivity index (χ0n) is 8.74. The Balaban J connectivity index is 1.54. The first-order chi connectivity index (χ1) is 6.90. The molecule has 0 unspecified atom stereocenters. The third-order valence-electron chi connectivity index (χ3n) is 3.63. The molecule has 2 aliphatic rings. The number of nitrogens with one attached hydrogen (secondary N) is 1. The van der Waals surface area contributed by atoms with Crippen LogP contribution >= 0.6 is 0 Å². The van der Waals surface area contributed by atoms with Gasteiger partial charge in [-0.2, -0.15) is 0 Å². The zero-order chi connectivity index (χ0) is 9.80. The summed E-state index contributed by atoms with van der Waals surface area (Å²) in [6.07, 6.45) is 5.73. The minimum atomic E-state index is 0.133. The average molecular weight is 199 g/mol. The molecular formula is C11H21NO2. The SMILES string of the molecule is OCCOCCN[C@H]1C[C@H]2CC[C@H]1C2. The number of ether oxygens (including phenoxy) is 1. The Bertz CT molecular complexity index is 175. The van der Waals surface area contributed by atoms with Gasteiger partial charge in [-0.05, 0) is 31.1 Å². The third-order valence-corrected chi connectivity index (χ3v) is 3.63. The molecule has 2 aliphatic carbocycles. The van der Waals surface area contributed by atoms with Crippen molar-refractivity contribution < 1.29 is 9.84 Å². The van der Waals surface area contributed by atoms with Crippen LogP contribution in [0.25, 0.3) is 0 Å². The van der Waals surface area contributed by atoms with Gasteiger partial charge in [0.2, 0.25) is 0 Å². The summed E-state index contributed by atoms with van der Waals surface area (Å²) in [5.74, 6) is 1.95. The van der Waals surface area contributed by atoms with Crippen molar-refractivity contribution in [2.75, 3.05) is 26.4 Å². The molecule has 2 saturated carbocycles. The summed E-state index contributed by atoms with van der Waals surface area (Å²) < 4.78 is 5.21. The Labute approximate surface area is 85.8 Å². The Kier molecular flexibility index (Phi) is 3.79. The van der Waals surface area contributed by atoms with E-state index >= 15 is 0 Å². The predicted molar refractivity (Wildman–Crippen MR) is 55.1 cm³/mol. The Hall–Kier alpha value is -0.120. The molecule has 0 aromatic carbocycles. The Morgan fingerprint density at radius 2 is 2.14 bits per heavy atom. The van der Waals surface area contributed by atoms with Gasteiger partial charge in [0.15, 0.2) is 0 Å². The van der Waals surface area contributed by atoms with Crippen molar-refractivity contribution in [2.24, 2.45) is 11.8 Å². The first-order valence-corrected chi connectivity index (χ1v) is 5.82. The van der Waals surface area contributed by atoms with Crippen molar-refractivity contribution in [3.05, 3.63) is 0 Å². The molecular weight excluding hydrogens is 178 g/mol. The minimum absolute atomic E-state index is 0.133. The summed E-state index contributed by atoms with van der Waals surface area (Å²) in [5.41, 5.74) is 0. The standard InChI is InChI=1S/C11H21NO2/c13-4-6-14-5-3-12-11-8-9-1-2-10(11)7-9/h9-13H,1-8H2/t9-,10-,11-/m0/s1. The monoisotopic (exact) mass is 199 g/mol. The van der Waals surface area contributed by atoms with Crippen molar-refractivity contribution in [1.29, 1.82) is 0 Å². The number of aliphatic hydroxyl groups is 1. The van der Waals surface area contributed by atoms with Crippen molar-refractivity contribution >= 4 is 0 Å². The van der Waals surface area contributed by atoms with E-state index in [9.17, 15) is 0 Å². The van der Waals surface area contributed by atoms with E-state index in [2.05, 4.69) is 5.32 Å². The quantitative estimate of drug-likeness (QED) is 0.621. The fourth-order valence-electron chi connectivity index (χ4n) is 2.98. The average Bonchev–Trinajstić information content (AvgIpc) is 2.79. The number of rotatable bonds is 6. The van der Waals surface area contributed by atoms with Crippen molar-refractivity contribution in [3.8, 4) is 0 Å².